The highest BCUT2D eigenvalue weighted by Gasteiger charge is 2.21. The highest BCUT2D eigenvalue weighted by atomic mass is 35.5. The maximum absolute atomic E-state index is 11.9. The van der Waals surface area contributed by atoms with E-state index in [0.717, 1.165) is 29.8 Å². The Morgan fingerprint density at radius 3 is 2.52 bits per heavy atom. The molecule has 1 fully saturated rings. The van der Waals surface area contributed by atoms with Crippen molar-refractivity contribution >= 4 is 23.2 Å². The van der Waals surface area contributed by atoms with Crippen LogP contribution in [0.1, 0.15) is 36.9 Å². The Morgan fingerprint density at radius 1 is 1.19 bits per heavy atom. The zero-order valence-corrected chi connectivity index (χ0v) is 16.7. The number of hydrogen-bond donors (Lipinski definition) is 1. The summed E-state index contributed by atoms with van der Waals surface area (Å²) in [6, 6.07) is 12.1. The predicted octanol–water partition coefficient (Wildman–Crippen LogP) is 4.33. The molecule has 144 valence electrons. The molecule has 1 amide bonds. The Bertz CT molecular complexity index is 808. The summed E-state index contributed by atoms with van der Waals surface area (Å²) >= 11 is 6.27. The Morgan fingerprint density at radius 2 is 1.93 bits per heavy atom. The van der Waals surface area contributed by atoms with Gasteiger partial charge in [-0.2, -0.15) is 0 Å². The van der Waals surface area contributed by atoms with Crippen LogP contribution in [0, 0.1) is 0 Å². The van der Waals surface area contributed by atoms with Gasteiger partial charge in [0.25, 0.3) is 0 Å². The fraction of sp³-hybridized carbons (Fsp3) is 0.381. The molecule has 1 aliphatic heterocycles. The molecule has 0 spiro atoms. The SMILES string of the molecule is COc1cc(CNC(C)c2ccc(N3CCCC3=O)cc2)cc(Cl)c1OC. The van der Waals surface area contributed by atoms with Crippen molar-refractivity contribution in [3.63, 3.8) is 0 Å². The van der Waals surface area contributed by atoms with Crippen molar-refractivity contribution < 1.29 is 14.3 Å². The molecule has 1 heterocycles. The molecule has 1 aliphatic rings. The third-order valence-corrected chi connectivity index (χ3v) is 5.16. The van der Waals surface area contributed by atoms with E-state index in [2.05, 4.69) is 24.4 Å². The molecular formula is C21H25ClN2O3. The lowest BCUT2D eigenvalue weighted by atomic mass is 10.1. The standard InChI is InChI=1S/C21H25ClN2O3/c1-14(16-6-8-17(9-7-16)24-10-4-5-20(24)25)23-13-15-11-18(22)21(27-3)19(12-15)26-2/h6-9,11-12,14,23H,4-5,10,13H2,1-3H3. The molecule has 27 heavy (non-hydrogen) atoms. The smallest absolute Gasteiger partial charge is 0.227 e. The third kappa shape index (κ3) is 4.37. The number of rotatable bonds is 7. The topological polar surface area (TPSA) is 50.8 Å². The van der Waals surface area contributed by atoms with Gasteiger partial charge in [0.1, 0.15) is 0 Å². The number of nitrogens with one attached hydrogen (secondary N) is 1. The molecule has 1 unspecified atom stereocenters. The van der Waals surface area contributed by atoms with Crippen molar-refractivity contribution in [2.24, 2.45) is 0 Å². The lowest BCUT2D eigenvalue weighted by Gasteiger charge is -2.19. The largest absolute Gasteiger partial charge is 0.493 e. The summed E-state index contributed by atoms with van der Waals surface area (Å²) in [5.41, 5.74) is 3.15. The zero-order chi connectivity index (χ0) is 19.4. The minimum Gasteiger partial charge on any atom is -0.493 e. The van der Waals surface area contributed by atoms with E-state index in [-0.39, 0.29) is 11.9 Å². The Hall–Kier alpha value is -2.24. The van der Waals surface area contributed by atoms with Gasteiger partial charge in [0.2, 0.25) is 5.91 Å². The number of ether oxygens (including phenoxy) is 2. The molecule has 3 rings (SSSR count). The monoisotopic (exact) mass is 388 g/mol. The fourth-order valence-corrected chi connectivity index (χ4v) is 3.64. The van der Waals surface area contributed by atoms with E-state index in [4.69, 9.17) is 21.1 Å². The van der Waals surface area contributed by atoms with Crippen LogP contribution in [0.25, 0.3) is 0 Å². The van der Waals surface area contributed by atoms with E-state index in [0.29, 0.717) is 29.5 Å². The first-order valence-electron chi connectivity index (χ1n) is 9.07. The molecule has 5 nitrogen and oxygen atoms in total. The molecular weight excluding hydrogens is 364 g/mol. The van der Waals surface area contributed by atoms with Crippen molar-refractivity contribution in [2.45, 2.75) is 32.4 Å². The summed E-state index contributed by atoms with van der Waals surface area (Å²) in [5, 5.41) is 4.02. The van der Waals surface area contributed by atoms with Gasteiger partial charge < -0.3 is 19.7 Å². The molecule has 0 bridgehead atoms. The molecule has 0 aliphatic carbocycles. The predicted molar refractivity (Wildman–Crippen MR) is 108 cm³/mol. The van der Waals surface area contributed by atoms with Gasteiger partial charge in [0.05, 0.1) is 19.2 Å². The van der Waals surface area contributed by atoms with Gasteiger partial charge in [-0.3, -0.25) is 4.79 Å². The van der Waals surface area contributed by atoms with Crippen LogP contribution in [0.15, 0.2) is 36.4 Å². The molecule has 0 radical (unpaired) electrons. The maximum Gasteiger partial charge on any atom is 0.227 e. The number of methoxy groups -OCH3 is 2. The van der Waals surface area contributed by atoms with Crippen LogP contribution in [0.2, 0.25) is 5.02 Å². The van der Waals surface area contributed by atoms with Crippen molar-refractivity contribution in [3.05, 3.63) is 52.5 Å². The molecule has 1 N–H and O–H groups in total. The van der Waals surface area contributed by atoms with E-state index in [9.17, 15) is 4.79 Å². The minimum atomic E-state index is 0.153. The van der Waals surface area contributed by atoms with Crippen LogP contribution >= 0.6 is 11.6 Å². The fourth-order valence-electron chi connectivity index (χ4n) is 3.33. The number of anilines is 1. The first kappa shape index (κ1) is 19.5. The van der Waals surface area contributed by atoms with Gasteiger partial charge in [-0.15, -0.1) is 0 Å². The average Bonchev–Trinajstić information content (AvgIpc) is 3.11. The Balaban J connectivity index is 1.65. The molecule has 2 aromatic rings. The molecule has 6 heteroatoms. The average molecular weight is 389 g/mol. The van der Waals surface area contributed by atoms with Crippen molar-refractivity contribution in [1.29, 1.82) is 0 Å². The highest BCUT2D eigenvalue weighted by Crippen LogP contribution is 2.36. The maximum atomic E-state index is 11.9. The van der Waals surface area contributed by atoms with E-state index in [1.54, 1.807) is 14.2 Å². The molecule has 0 aromatic heterocycles. The van der Waals surface area contributed by atoms with Crippen LogP contribution in [0.4, 0.5) is 5.69 Å². The zero-order valence-electron chi connectivity index (χ0n) is 15.9. The number of halogens is 1. The second-order valence-corrected chi connectivity index (χ2v) is 7.06. The third-order valence-electron chi connectivity index (χ3n) is 4.88. The minimum absolute atomic E-state index is 0.153. The normalized spacial score (nSPS) is 15.1. The van der Waals surface area contributed by atoms with E-state index in [1.165, 1.54) is 0 Å². The summed E-state index contributed by atoms with van der Waals surface area (Å²) in [6.45, 7) is 3.57. The van der Waals surface area contributed by atoms with Gasteiger partial charge in [0, 0.05) is 31.2 Å². The van der Waals surface area contributed by atoms with Crippen molar-refractivity contribution in [1.82, 2.24) is 5.32 Å². The lowest BCUT2D eigenvalue weighted by Crippen LogP contribution is -2.23. The Labute approximate surface area is 165 Å². The number of benzene rings is 2. The van der Waals surface area contributed by atoms with Gasteiger partial charge >= 0.3 is 0 Å². The van der Waals surface area contributed by atoms with Crippen LogP contribution in [0.5, 0.6) is 11.5 Å². The van der Waals surface area contributed by atoms with Crippen LogP contribution < -0.4 is 19.7 Å². The van der Waals surface area contributed by atoms with Gasteiger partial charge in [-0.25, -0.2) is 0 Å². The first-order chi connectivity index (χ1) is 13.0. The highest BCUT2D eigenvalue weighted by molar-refractivity contribution is 6.32. The quantitative estimate of drug-likeness (QED) is 0.766. The van der Waals surface area contributed by atoms with E-state index in [1.807, 2.05) is 29.2 Å². The van der Waals surface area contributed by atoms with Gasteiger partial charge in [-0.05, 0) is 48.7 Å². The summed E-state index contributed by atoms with van der Waals surface area (Å²) in [7, 11) is 3.17. The van der Waals surface area contributed by atoms with Crippen LogP contribution in [0.3, 0.4) is 0 Å². The molecule has 1 saturated heterocycles. The van der Waals surface area contributed by atoms with Crippen molar-refractivity contribution in [2.75, 3.05) is 25.7 Å². The molecule has 0 saturated carbocycles. The number of carbonyl (C=O) groups is 1. The summed E-state index contributed by atoms with van der Waals surface area (Å²) in [6.07, 6.45) is 1.58. The first-order valence-corrected chi connectivity index (χ1v) is 9.45. The number of hydrogen-bond acceptors (Lipinski definition) is 4. The van der Waals surface area contributed by atoms with Crippen molar-refractivity contribution in [3.8, 4) is 11.5 Å². The second kappa shape index (κ2) is 8.63. The molecule has 2 aromatic carbocycles. The Kier molecular flexibility index (Phi) is 6.24. The summed E-state index contributed by atoms with van der Waals surface area (Å²) in [4.78, 5) is 13.7. The number of carbonyl (C=O) groups excluding carboxylic acids is 1. The number of nitrogens with zero attached hydrogens (tertiary/aromatic N) is 1. The number of amides is 1. The summed E-state index contributed by atoms with van der Waals surface area (Å²) < 4.78 is 10.6. The van der Waals surface area contributed by atoms with E-state index < -0.39 is 0 Å². The molecule has 1 atom stereocenters. The van der Waals surface area contributed by atoms with E-state index >= 15 is 0 Å². The van der Waals surface area contributed by atoms with Gasteiger partial charge in [-0.1, -0.05) is 23.7 Å². The lowest BCUT2D eigenvalue weighted by molar-refractivity contribution is -0.117. The summed E-state index contributed by atoms with van der Waals surface area (Å²) in [5.74, 6) is 1.37. The van der Waals surface area contributed by atoms with Gasteiger partial charge in [0.15, 0.2) is 11.5 Å². The van der Waals surface area contributed by atoms with Crippen LogP contribution in [-0.2, 0) is 11.3 Å². The second-order valence-electron chi connectivity index (χ2n) is 6.66. The van der Waals surface area contributed by atoms with Crippen LogP contribution in [-0.4, -0.2) is 26.7 Å².